The maximum atomic E-state index is 13.1. The Morgan fingerprint density at radius 2 is 1.88 bits per heavy atom. The van der Waals surface area contributed by atoms with Crippen molar-refractivity contribution in [1.82, 2.24) is 9.80 Å². The Balaban J connectivity index is 1.71. The highest BCUT2D eigenvalue weighted by molar-refractivity contribution is 5.79. The highest BCUT2D eigenvalue weighted by atomic mass is 16.7. The van der Waals surface area contributed by atoms with Gasteiger partial charge in [0.1, 0.15) is 5.75 Å². The molecule has 2 aliphatic heterocycles. The highest BCUT2D eigenvalue weighted by Gasteiger charge is 2.48. The first-order valence-corrected chi connectivity index (χ1v) is 11.4. The van der Waals surface area contributed by atoms with Crippen LogP contribution in [-0.2, 0) is 9.59 Å². The van der Waals surface area contributed by atoms with Gasteiger partial charge in [-0.1, -0.05) is 24.3 Å². The number of likely N-dealkylation sites (N-methyl/N-ethyl adjacent to an activating group) is 1. The molecule has 2 heterocycles. The van der Waals surface area contributed by atoms with Crippen molar-refractivity contribution in [3.05, 3.63) is 66.2 Å². The van der Waals surface area contributed by atoms with E-state index in [1.54, 1.807) is 18.1 Å². The SMILES string of the molecule is C=CCN(CC)C(=O)CN1C[C@H](c2ccc3c(c2)OCO3)[C@H](C(=O)O)[C@H]1c1ccc(OC)cc1. The molecule has 1 N–H and O–H groups in total. The lowest BCUT2D eigenvalue weighted by Gasteiger charge is -2.29. The van der Waals surface area contributed by atoms with Crippen molar-refractivity contribution >= 4 is 11.9 Å². The van der Waals surface area contributed by atoms with Gasteiger partial charge in [0.05, 0.1) is 19.6 Å². The van der Waals surface area contributed by atoms with Gasteiger partial charge >= 0.3 is 5.97 Å². The van der Waals surface area contributed by atoms with E-state index in [1.165, 1.54) is 0 Å². The van der Waals surface area contributed by atoms with Crippen LogP contribution in [0.4, 0.5) is 0 Å². The molecular formula is C26H30N2O6. The van der Waals surface area contributed by atoms with E-state index in [9.17, 15) is 14.7 Å². The van der Waals surface area contributed by atoms with Crippen molar-refractivity contribution in [2.45, 2.75) is 18.9 Å². The number of aliphatic carboxylic acids is 1. The van der Waals surface area contributed by atoms with Crippen LogP contribution in [0.15, 0.2) is 55.1 Å². The molecule has 8 nitrogen and oxygen atoms in total. The number of rotatable bonds is 9. The molecule has 34 heavy (non-hydrogen) atoms. The molecule has 0 bridgehead atoms. The summed E-state index contributed by atoms with van der Waals surface area (Å²) in [7, 11) is 1.59. The molecular weight excluding hydrogens is 436 g/mol. The number of carboxylic acid groups (broad SMARTS) is 1. The summed E-state index contributed by atoms with van der Waals surface area (Å²) in [5, 5.41) is 10.3. The van der Waals surface area contributed by atoms with Crippen LogP contribution in [0.3, 0.4) is 0 Å². The molecule has 0 spiro atoms. The maximum Gasteiger partial charge on any atom is 0.309 e. The number of fused-ring (bicyclic) bond motifs is 1. The van der Waals surface area contributed by atoms with E-state index >= 15 is 0 Å². The Labute approximate surface area is 199 Å². The first kappa shape index (κ1) is 23.6. The first-order chi connectivity index (χ1) is 16.5. The molecule has 1 fully saturated rings. The molecule has 0 radical (unpaired) electrons. The monoisotopic (exact) mass is 466 g/mol. The number of carboxylic acids is 1. The third kappa shape index (κ3) is 4.59. The number of amides is 1. The molecule has 4 rings (SSSR count). The van der Waals surface area contributed by atoms with E-state index in [-0.39, 0.29) is 25.2 Å². The summed E-state index contributed by atoms with van der Waals surface area (Å²) < 4.78 is 16.2. The number of ether oxygens (including phenoxy) is 3. The molecule has 180 valence electrons. The minimum absolute atomic E-state index is 0.0589. The predicted octanol–water partition coefficient (Wildman–Crippen LogP) is 3.30. The summed E-state index contributed by atoms with van der Waals surface area (Å²) in [4.78, 5) is 29.4. The second-order valence-electron chi connectivity index (χ2n) is 8.45. The zero-order valence-electron chi connectivity index (χ0n) is 19.5. The fraction of sp³-hybridized carbons (Fsp3) is 0.385. The first-order valence-electron chi connectivity index (χ1n) is 11.4. The van der Waals surface area contributed by atoms with E-state index in [4.69, 9.17) is 14.2 Å². The zero-order valence-corrected chi connectivity index (χ0v) is 19.5. The smallest absolute Gasteiger partial charge is 0.309 e. The Bertz CT molecular complexity index is 1050. The number of hydrogen-bond acceptors (Lipinski definition) is 6. The minimum atomic E-state index is -0.906. The maximum absolute atomic E-state index is 13.1. The van der Waals surface area contributed by atoms with Gasteiger partial charge in [0.25, 0.3) is 0 Å². The second kappa shape index (κ2) is 10.2. The molecule has 0 aromatic heterocycles. The number of likely N-dealkylation sites (tertiary alicyclic amines) is 1. The molecule has 1 saturated heterocycles. The van der Waals surface area contributed by atoms with Crippen LogP contribution >= 0.6 is 0 Å². The van der Waals surface area contributed by atoms with Gasteiger partial charge in [0.15, 0.2) is 11.5 Å². The fourth-order valence-electron chi connectivity index (χ4n) is 4.91. The summed E-state index contributed by atoms with van der Waals surface area (Å²) in [5.41, 5.74) is 1.68. The summed E-state index contributed by atoms with van der Waals surface area (Å²) in [6.45, 7) is 7.35. The third-order valence-corrected chi connectivity index (χ3v) is 6.59. The predicted molar refractivity (Wildman–Crippen MR) is 126 cm³/mol. The Kier molecular flexibility index (Phi) is 7.07. The third-order valence-electron chi connectivity index (χ3n) is 6.59. The molecule has 0 aliphatic carbocycles. The van der Waals surface area contributed by atoms with Crippen molar-refractivity contribution in [1.29, 1.82) is 0 Å². The van der Waals surface area contributed by atoms with E-state index in [2.05, 4.69) is 6.58 Å². The van der Waals surface area contributed by atoms with E-state index in [0.29, 0.717) is 36.9 Å². The standard InChI is InChI=1S/C26H30N2O6/c1-4-12-27(5-2)23(29)15-28-14-20(18-8-11-21-22(13-18)34-16-33-21)24(26(30)31)25(28)17-6-9-19(32-3)10-7-17/h4,6-11,13,20,24-25H,1,5,12,14-16H2,2-3H3,(H,30,31)/t20-,24+,25-/m1/s1. The topological polar surface area (TPSA) is 88.5 Å². The van der Waals surface area contributed by atoms with Gasteiger partial charge in [0, 0.05) is 31.6 Å². The van der Waals surface area contributed by atoms with Crippen LogP contribution in [0.1, 0.15) is 30.0 Å². The van der Waals surface area contributed by atoms with E-state index < -0.39 is 17.9 Å². The average Bonchev–Trinajstić information content (AvgIpc) is 3.46. The van der Waals surface area contributed by atoms with Crippen LogP contribution in [-0.4, -0.2) is 66.9 Å². The Morgan fingerprint density at radius 3 is 2.53 bits per heavy atom. The van der Waals surface area contributed by atoms with Crippen LogP contribution in [0.5, 0.6) is 17.2 Å². The van der Waals surface area contributed by atoms with E-state index in [1.807, 2.05) is 54.3 Å². The van der Waals surface area contributed by atoms with Crippen LogP contribution in [0.2, 0.25) is 0 Å². The number of hydrogen-bond donors (Lipinski definition) is 1. The largest absolute Gasteiger partial charge is 0.497 e. The lowest BCUT2D eigenvalue weighted by Crippen LogP contribution is -2.41. The Hall–Kier alpha value is -3.52. The lowest BCUT2D eigenvalue weighted by atomic mass is 9.82. The number of methoxy groups -OCH3 is 1. The quantitative estimate of drug-likeness (QED) is 0.567. The zero-order chi connectivity index (χ0) is 24.2. The van der Waals surface area contributed by atoms with Gasteiger partial charge in [-0.05, 0) is 42.3 Å². The molecule has 2 aliphatic rings. The summed E-state index contributed by atoms with van der Waals surface area (Å²) in [6.07, 6.45) is 1.70. The van der Waals surface area contributed by atoms with Gasteiger partial charge in [-0.3, -0.25) is 14.5 Å². The molecule has 2 aromatic carbocycles. The molecule has 0 saturated carbocycles. The normalized spacial score (nSPS) is 21.3. The fourth-order valence-corrected chi connectivity index (χ4v) is 4.91. The lowest BCUT2D eigenvalue weighted by molar-refractivity contribution is -0.143. The average molecular weight is 467 g/mol. The number of nitrogens with zero attached hydrogens (tertiary/aromatic N) is 2. The Morgan fingerprint density at radius 1 is 1.18 bits per heavy atom. The van der Waals surface area contributed by atoms with Gasteiger partial charge in [-0.25, -0.2) is 0 Å². The van der Waals surface area contributed by atoms with Gasteiger partial charge < -0.3 is 24.2 Å². The van der Waals surface area contributed by atoms with Gasteiger partial charge in [-0.15, -0.1) is 6.58 Å². The van der Waals surface area contributed by atoms with Crippen molar-refractivity contribution in [3.63, 3.8) is 0 Å². The van der Waals surface area contributed by atoms with E-state index in [0.717, 1.165) is 11.1 Å². The molecule has 1 amide bonds. The summed E-state index contributed by atoms with van der Waals surface area (Å²) in [6, 6.07) is 12.5. The van der Waals surface area contributed by atoms with Crippen molar-refractivity contribution in [2.75, 3.05) is 40.1 Å². The number of carbonyl (C=O) groups is 2. The van der Waals surface area contributed by atoms with Crippen molar-refractivity contribution in [2.24, 2.45) is 5.92 Å². The summed E-state index contributed by atoms with van der Waals surface area (Å²) in [5.74, 6) is -0.104. The second-order valence-corrected chi connectivity index (χ2v) is 8.45. The number of carbonyl (C=O) groups excluding carboxylic acids is 1. The van der Waals surface area contributed by atoms with Crippen molar-refractivity contribution < 1.29 is 28.9 Å². The van der Waals surface area contributed by atoms with Crippen LogP contribution in [0.25, 0.3) is 0 Å². The van der Waals surface area contributed by atoms with Gasteiger partial charge in [-0.2, -0.15) is 0 Å². The minimum Gasteiger partial charge on any atom is -0.497 e. The van der Waals surface area contributed by atoms with Gasteiger partial charge in [0.2, 0.25) is 12.7 Å². The molecule has 2 aromatic rings. The number of benzene rings is 2. The molecule has 0 unspecified atom stereocenters. The van der Waals surface area contributed by atoms with Crippen LogP contribution in [0, 0.1) is 5.92 Å². The molecule has 8 heteroatoms. The van der Waals surface area contributed by atoms with Crippen LogP contribution < -0.4 is 14.2 Å². The highest BCUT2D eigenvalue weighted by Crippen LogP contribution is 2.47. The van der Waals surface area contributed by atoms with Crippen molar-refractivity contribution in [3.8, 4) is 17.2 Å². The molecule has 3 atom stereocenters. The summed E-state index contributed by atoms with van der Waals surface area (Å²) >= 11 is 0.